The fourth-order valence-corrected chi connectivity index (χ4v) is 1.43. The highest BCUT2D eigenvalue weighted by Crippen LogP contribution is 2.12. The van der Waals surface area contributed by atoms with Crippen molar-refractivity contribution in [2.45, 2.75) is 12.1 Å². The van der Waals surface area contributed by atoms with Crippen LogP contribution in [-0.4, -0.2) is 66.8 Å². The van der Waals surface area contributed by atoms with Gasteiger partial charge in [0.05, 0.1) is 38.5 Å². The van der Waals surface area contributed by atoms with Crippen LogP contribution in [0.4, 0.5) is 4.79 Å². The van der Waals surface area contributed by atoms with Gasteiger partial charge in [0.25, 0.3) is 0 Å². The predicted octanol–water partition coefficient (Wildman–Crippen LogP) is -0.627. The number of morpholine rings is 1. The van der Waals surface area contributed by atoms with E-state index >= 15 is 0 Å². The van der Waals surface area contributed by atoms with Gasteiger partial charge in [-0.05, 0) is 0 Å². The summed E-state index contributed by atoms with van der Waals surface area (Å²) in [5.74, 6) is 0. The Hall–Kier alpha value is -0.850. The van der Waals surface area contributed by atoms with Crippen molar-refractivity contribution >= 4 is 6.09 Å². The normalized spacial score (nSPS) is 27.7. The maximum atomic E-state index is 10.8. The van der Waals surface area contributed by atoms with Gasteiger partial charge in [0.2, 0.25) is 0 Å². The number of nitrogens with zero attached hydrogens (tertiary/aromatic N) is 1. The summed E-state index contributed by atoms with van der Waals surface area (Å²) in [6.45, 7) is 0.610. The molecule has 0 bridgehead atoms. The van der Waals surface area contributed by atoms with Crippen LogP contribution in [0.3, 0.4) is 0 Å². The van der Waals surface area contributed by atoms with Gasteiger partial charge in [-0.1, -0.05) is 0 Å². The van der Waals surface area contributed by atoms with Crippen LogP contribution in [0.5, 0.6) is 0 Å². The van der Waals surface area contributed by atoms with Crippen LogP contribution in [0.1, 0.15) is 0 Å². The van der Waals surface area contributed by atoms with E-state index in [9.17, 15) is 4.79 Å². The second-order valence-corrected chi connectivity index (χ2v) is 3.18. The molecule has 0 unspecified atom stereocenters. The van der Waals surface area contributed by atoms with E-state index in [4.69, 9.17) is 19.7 Å². The lowest BCUT2D eigenvalue weighted by Gasteiger charge is -2.36. The molecule has 1 aliphatic rings. The topological polar surface area (TPSA) is 79.2 Å². The number of ether oxygens (including phenoxy) is 2. The molecule has 1 amide bonds. The summed E-state index contributed by atoms with van der Waals surface area (Å²) < 4.78 is 10.1. The van der Waals surface area contributed by atoms with Crippen LogP contribution in [-0.2, 0) is 9.47 Å². The number of rotatable bonds is 3. The molecule has 0 aromatic carbocycles. The maximum Gasteiger partial charge on any atom is 0.407 e. The molecule has 1 aliphatic heterocycles. The van der Waals surface area contributed by atoms with Gasteiger partial charge in [-0.25, -0.2) is 4.79 Å². The largest absolute Gasteiger partial charge is 0.465 e. The quantitative estimate of drug-likeness (QED) is 0.641. The Morgan fingerprint density at radius 1 is 1.71 bits per heavy atom. The van der Waals surface area contributed by atoms with E-state index < -0.39 is 12.2 Å². The molecule has 1 saturated heterocycles. The molecule has 82 valence electrons. The molecule has 1 heterocycles. The van der Waals surface area contributed by atoms with Crippen molar-refractivity contribution in [1.29, 1.82) is 0 Å². The van der Waals surface area contributed by atoms with E-state index in [-0.39, 0.29) is 25.8 Å². The molecule has 2 N–H and O–H groups in total. The third kappa shape index (κ3) is 2.57. The van der Waals surface area contributed by atoms with E-state index in [1.54, 1.807) is 0 Å². The minimum absolute atomic E-state index is 0.163. The Morgan fingerprint density at radius 3 is 2.93 bits per heavy atom. The standard InChI is InChI=1S/C8H15NO5/c1-13-4-6-5-14-7(3-10)2-9(6)8(11)12/h6-7,10H,2-5H2,1H3,(H,11,12)/t6-,7+/m0/s1. The third-order valence-electron chi connectivity index (χ3n) is 2.17. The molecular formula is C8H15NO5. The highest BCUT2D eigenvalue weighted by atomic mass is 16.5. The second kappa shape index (κ2) is 5.14. The molecule has 0 aromatic rings. The summed E-state index contributed by atoms with van der Waals surface area (Å²) in [6.07, 6.45) is -1.42. The molecule has 2 atom stereocenters. The lowest BCUT2D eigenvalue weighted by Crippen LogP contribution is -2.54. The zero-order valence-electron chi connectivity index (χ0n) is 8.05. The molecule has 6 heteroatoms. The summed E-state index contributed by atoms with van der Waals surface area (Å²) in [5.41, 5.74) is 0. The predicted molar refractivity (Wildman–Crippen MR) is 47.2 cm³/mol. The first kappa shape index (κ1) is 11.2. The molecule has 6 nitrogen and oxygen atoms in total. The smallest absolute Gasteiger partial charge is 0.407 e. The number of methoxy groups -OCH3 is 1. The number of aliphatic hydroxyl groups excluding tert-OH is 1. The van der Waals surface area contributed by atoms with Crippen molar-refractivity contribution in [2.24, 2.45) is 0 Å². The highest BCUT2D eigenvalue weighted by Gasteiger charge is 2.31. The summed E-state index contributed by atoms with van der Waals surface area (Å²) in [5, 5.41) is 17.7. The lowest BCUT2D eigenvalue weighted by molar-refractivity contribution is -0.0865. The van der Waals surface area contributed by atoms with Gasteiger partial charge in [0.1, 0.15) is 0 Å². The molecule has 0 radical (unpaired) electrons. The van der Waals surface area contributed by atoms with Crippen molar-refractivity contribution in [1.82, 2.24) is 4.90 Å². The van der Waals surface area contributed by atoms with E-state index in [0.29, 0.717) is 6.61 Å². The number of carbonyl (C=O) groups is 1. The average Bonchev–Trinajstić information content (AvgIpc) is 2.18. The van der Waals surface area contributed by atoms with Gasteiger partial charge in [-0.15, -0.1) is 0 Å². The van der Waals surface area contributed by atoms with Gasteiger partial charge < -0.3 is 19.7 Å². The summed E-state index contributed by atoms with van der Waals surface area (Å²) in [6, 6.07) is -0.278. The fourth-order valence-electron chi connectivity index (χ4n) is 1.43. The molecule has 0 saturated carbocycles. The molecule has 1 rings (SSSR count). The fraction of sp³-hybridized carbons (Fsp3) is 0.875. The van der Waals surface area contributed by atoms with Crippen LogP contribution in [0.25, 0.3) is 0 Å². The first-order valence-corrected chi connectivity index (χ1v) is 4.40. The van der Waals surface area contributed by atoms with Crippen LogP contribution < -0.4 is 0 Å². The van der Waals surface area contributed by atoms with Crippen molar-refractivity contribution in [3.8, 4) is 0 Å². The van der Waals surface area contributed by atoms with Crippen LogP contribution in [0.2, 0.25) is 0 Å². The maximum absolute atomic E-state index is 10.8. The van der Waals surface area contributed by atoms with Crippen LogP contribution >= 0.6 is 0 Å². The Kier molecular flexibility index (Phi) is 4.12. The third-order valence-corrected chi connectivity index (χ3v) is 2.17. The Morgan fingerprint density at radius 2 is 2.43 bits per heavy atom. The van der Waals surface area contributed by atoms with Crippen molar-refractivity contribution < 1.29 is 24.5 Å². The van der Waals surface area contributed by atoms with Gasteiger partial charge in [-0.3, -0.25) is 4.90 Å². The highest BCUT2D eigenvalue weighted by molar-refractivity contribution is 5.65. The molecule has 0 aliphatic carbocycles. The van der Waals surface area contributed by atoms with E-state index in [0.717, 1.165) is 0 Å². The Labute approximate surface area is 82.0 Å². The minimum atomic E-state index is -1.01. The number of amides is 1. The zero-order chi connectivity index (χ0) is 10.6. The van der Waals surface area contributed by atoms with Crippen LogP contribution in [0.15, 0.2) is 0 Å². The molecule has 14 heavy (non-hydrogen) atoms. The number of hydrogen-bond acceptors (Lipinski definition) is 4. The number of aliphatic hydroxyl groups is 1. The number of hydrogen-bond donors (Lipinski definition) is 2. The monoisotopic (exact) mass is 205 g/mol. The van der Waals surface area contributed by atoms with Gasteiger partial charge in [-0.2, -0.15) is 0 Å². The Bertz CT molecular complexity index is 198. The van der Waals surface area contributed by atoms with E-state index in [1.165, 1.54) is 12.0 Å². The van der Waals surface area contributed by atoms with Crippen molar-refractivity contribution in [3.63, 3.8) is 0 Å². The summed E-state index contributed by atoms with van der Waals surface area (Å²) >= 11 is 0. The first-order chi connectivity index (χ1) is 6.69. The summed E-state index contributed by atoms with van der Waals surface area (Å²) in [4.78, 5) is 12.1. The van der Waals surface area contributed by atoms with Gasteiger partial charge >= 0.3 is 6.09 Å². The van der Waals surface area contributed by atoms with Gasteiger partial charge in [0.15, 0.2) is 0 Å². The van der Waals surface area contributed by atoms with Crippen molar-refractivity contribution in [3.05, 3.63) is 0 Å². The van der Waals surface area contributed by atoms with E-state index in [2.05, 4.69) is 0 Å². The Balaban J connectivity index is 2.56. The SMILES string of the molecule is COC[C@H]1CO[C@@H](CO)CN1C(=O)O. The molecule has 0 aromatic heterocycles. The molecular weight excluding hydrogens is 190 g/mol. The van der Waals surface area contributed by atoms with Crippen molar-refractivity contribution in [2.75, 3.05) is 33.5 Å². The van der Waals surface area contributed by atoms with Gasteiger partial charge in [0, 0.05) is 7.11 Å². The molecule has 0 spiro atoms. The lowest BCUT2D eigenvalue weighted by atomic mass is 10.2. The van der Waals surface area contributed by atoms with E-state index in [1.807, 2.05) is 0 Å². The zero-order valence-corrected chi connectivity index (χ0v) is 8.05. The summed E-state index contributed by atoms with van der Waals surface area (Å²) in [7, 11) is 1.51. The molecule has 1 fully saturated rings. The second-order valence-electron chi connectivity index (χ2n) is 3.18. The average molecular weight is 205 g/mol. The first-order valence-electron chi connectivity index (χ1n) is 4.40. The minimum Gasteiger partial charge on any atom is -0.465 e. The number of carboxylic acid groups (broad SMARTS) is 1. The van der Waals surface area contributed by atoms with Crippen LogP contribution in [0, 0.1) is 0 Å².